The van der Waals surface area contributed by atoms with Crippen LogP contribution in [0.25, 0.3) is 0 Å². The number of rotatable bonds is 11. The summed E-state index contributed by atoms with van der Waals surface area (Å²) in [7, 11) is 1.50. The molecule has 2 aliphatic rings. The summed E-state index contributed by atoms with van der Waals surface area (Å²) in [6.07, 6.45) is -3.09. The van der Waals surface area contributed by atoms with E-state index >= 15 is 0 Å². The van der Waals surface area contributed by atoms with Gasteiger partial charge >= 0.3 is 23.9 Å². The summed E-state index contributed by atoms with van der Waals surface area (Å²) in [5.41, 5.74) is 2.12. The first-order valence-corrected chi connectivity index (χ1v) is 14.7. The minimum atomic E-state index is -1.86. The van der Waals surface area contributed by atoms with E-state index in [4.69, 9.17) is 44.9 Å². The number of hydrogen-bond donors (Lipinski definition) is 0. The molecule has 0 aromatic heterocycles. The monoisotopic (exact) mass is 645 g/mol. The number of esters is 4. The second kappa shape index (κ2) is 14.0. The van der Waals surface area contributed by atoms with Gasteiger partial charge in [0.05, 0.1) is 12.3 Å². The van der Waals surface area contributed by atoms with Crippen LogP contribution in [0.1, 0.15) is 63.3 Å². The Kier molecular flexibility index (Phi) is 10.5. The molecule has 2 aliphatic heterocycles. The van der Waals surface area contributed by atoms with Gasteiger partial charge in [-0.1, -0.05) is 54.0 Å². The van der Waals surface area contributed by atoms with E-state index in [0.29, 0.717) is 29.0 Å². The lowest BCUT2D eigenvalue weighted by atomic mass is 9.83. The second-order valence-electron chi connectivity index (χ2n) is 10.8. The summed E-state index contributed by atoms with van der Waals surface area (Å²) in [5.74, 6) is -4.70. The molecule has 0 amide bonds. The highest BCUT2D eigenvalue weighted by atomic mass is 35.5. The van der Waals surface area contributed by atoms with Crippen LogP contribution >= 0.6 is 11.6 Å². The Morgan fingerprint density at radius 2 is 1.56 bits per heavy atom. The molecule has 2 aromatic rings. The maximum absolute atomic E-state index is 12.4. The topological polar surface area (TPSA) is 145 Å². The highest BCUT2D eigenvalue weighted by Gasteiger charge is 2.72. The van der Waals surface area contributed by atoms with Crippen LogP contribution in [0.4, 0.5) is 0 Å². The molecule has 0 radical (unpaired) electrons. The molecule has 2 aromatic carbocycles. The summed E-state index contributed by atoms with van der Waals surface area (Å²) in [6.45, 7) is 6.01. The summed E-state index contributed by atoms with van der Waals surface area (Å²) >= 11 is 6.65. The number of fused-ring (bicyclic) bond motifs is 2. The van der Waals surface area contributed by atoms with Gasteiger partial charge in [-0.25, -0.2) is 0 Å². The molecule has 0 N–H and O–H groups in total. The highest BCUT2D eigenvalue weighted by Crippen LogP contribution is 2.53. The molecule has 4 rings (SSSR count). The summed E-state index contributed by atoms with van der Waals surface area (Å²) in [5, 5.41) is 4.52. The number of benzene rings is 2. The normalized spacial score (nSPS) is 25.7. The van der Waals surface area contributed by atoms with Crippen molar-refractivity contribution in [3.63, 3.8) is 0 Å². The first-order valence-electron chi connectivity index (χ1n) is 14.3. The largest absolute Gasteiger partial charge is 0.463 e. The van der Waals surface area contributed by atoms with Crippen LogP contribution in [0.5, 0.6) is 0 Å². The van der Waals surface area contributed by atoms with Gasteiger partial charge in [0, 0.05) is 38.3 Å². The van der Waals surface area contributed by atoms with Crippen LogP contribution in [0.15, 0.2) is 47.6 Å². The maximum atomic E-state index is 12.4. The van der Waals surface area contributed by atoms with Crippen LogP contribution < -0.4 is 0 Å². The van der Waals surface area contributed by atoms with E-state index in [0.717, 1.165) is 30.7 Å². The number of ether oxygens (including phenoxy) is 6. The van der Waals surface area contributed by atoms with Crippen molar-refractivity contribution in [1.82, 2.24) is 0 Å². The van der Waals surface area contributed by atoms with E-state index in [1.54, 1.807) is 18.2 Å². The lowest BCUT2D eigenvalue weighted by molar-refractivity contribution is -0.334. The predicted molar refractivity (Wildman–Crippen MR) is 159 cm³/mol. The predicted octanol–water partition coefficient (Wildman–Crippen LogP) is 4.00. The Labute approximate surface area is 265 Å². The summed E-state index contributed by atoms with van der Waals surface area (Å²) in [4.78, 5) is 53.8. The quantitative estimate of drug-likeness (QED) is 0.151. The van der Waals surface area contributed by atoms with Crippen LogP contribution in [0.2, 0.25) is 5.02 Å². The average Bonchev–Trinajstić information content (AvgIpc) is 3.34. The van der Waals surface area contributed by atoms with E-state index < -0.39 is 60.2 Å². The van der Waals surface area contributed by atoms with Crippen molar-refractivity contribution in [3.05, 3.63) is 69.7 Å². The molecule has 12 nitrogen and oxygen atoms in total. The third-order valence-corrected chi connectivity index (χ3v) is 7.82. The van der Waals surface area contributed by atoms with E-state index in [1.807, 2.05) is 31.2 Å². The summed E-state index contributed by atoms with van der Waals surface area (Å²) in [6, 6.07) is 12.8. The minimum Gasteiger partial charge on any atom is -0.463 e. The van der Waals surface area contributed by atoms with Gasteiger partial charge < -0.3 is 33.3 Å². The smallest absolute Gasteiger partial charge is 0.303 e. The van der Waals surface area contributed by atoms with Crippen LogP contribution in [0.3, 0.4) is 0 Å². The molecule has 13 heteroatoms. The standard InChI is InChI=1S/C32H36ClNO11/c1-7-27(34-39-6)23-10-8-22(9-11-23)14-24-15-25(12-13-26(24)33)32-30(44-21(5)38)28(42-19(3)36)29(43-20(4)37)31(45-32,17-41-32)16-40-18(2)35/h8-13,15,28-30H,7,14,16-17H2,1-6H3/b34-27+/t28-,29-,30+,31-,32-/m0/s1. The van der Waals surface area contributed by atoms with E-state index in [1.165, 1.54) is 21.0 Å². The maximum Gasteiger partial charge on any atom is 0.303 e. The Morgan fingerprint density at radius 1 is 0.911 bits per heavy atom. The third kappa shape index (κ3) is 7.29. The highest BCUT2D eigenvalue weighted by molar-refractivity contribution is 6.31. The summed E-state index contributed by atoms with van der Waals surface area (Å²) < 4.78 is 35.1. The third-order valence-electron chi connectivity index (χ3n) is 7.45. The van der Waals surface area contributed by atoms with Crippen molar-refractivity contribution in [3.8, 4) is 0 Å². The van der Waals surface area contributed by atoms with Crippen molar-refractivity contribution in [2.45, 2.75) is 77.2 Å². The molecule has 5 atom stereocenters. The Balaban J connectivity index is 1.80. The fourth-order valence-electron chi connectivity index (χ4n) is 5.61. The molecule has 2 fully saturated rings. The zero-order chi connectivity index (χ0) is 32.9. The number of nitrogens with zero attached hydrogens (tertiary/aromatic N) is 1. The van der Waals surface area contributed by atoms with Gasteiger partial charge in [0.15, 0.2) is 17.8 Å². The molecule has 0 spiro atoms. The van der Waals surface area contributed by atoms with Gasteiger partial charge in [0.25, 0.3) is 0 Å². The van der Waals surface area contributed by atoms with Gasteiger partial charge in [0.2, 0.25) is 11.9 Å². The zero-order valence-electron chi connectivity index (χ0n) is 25.9. The lowest BCUT2D eigenvalue weighted by Crippen LogP contribution is -2.68. The van der Waals surface area contributed by atoms with Crippen molar-refractivity contribution < 1.29 is 52.4 Å². The number of halogens is 1. The molecule has 0 saturated carbocycles. The Morgan fingerprint density at radius 3 is 2.13 bits per heavy atom. The van der Waals surface area contributed by atoms with Crippen molar-refractivity contribution in [2.24, 2.45) is 5.16 Å². The molecule has 2 saturated heterocycles. The first-order chi connectivity index (χ1) is 21.3. The van der Waals surface area contributed by atoms with Gasteiger partial charge in [-0.15, -0.1) is 0 Å². The van der Waals surface area contributed by atoms with Crippen LogP contribution in [-0.4, -0.2) is 73.8 Å². The molecule has 45 heavy (non-hydrogen) atoms. The Hall–Kier alpha value is -4.00. The van der Waals surface area contributed by atoms with Crippen LogP contribution in [-0.2, 0) is 64.6 Å². The average molecular weight is 646 g/mol. The van der Waals surface area contributed by atoms with Crippen molar-refractivity contribution in [1.29, 1.82) is 0 Å². The lowest BCUT2D eigenvalue weighted by Gasteiger charge is -2.49. The van der Waals surface area contributed by atoms with Gasteiger partial charge in [-0.05, 0) is 41.7 Å². The molecular formula is C32H36ClNO11. The molecular weight excluding hydrogens is 610 g/mol. The van der Waals surface area contributed by atoms with Crippen molar-refractivity contribution in [2.75, 3.05) is 20.3 Å². The molecule has 2 bridgehead atoms. The zero-order valence-corrected chi connectivity index (χ0v) is 26.7. The van der Waals surface area contributed by atoms with E-state index in [2.05, 4.69) is 5.16 Å². The van der Waals surface area contributed by atoms with Crippen molar-refractivity contribution >= 4 is 41.2 Å². The van der Waals surface area contributed by atoms with E-state index in [9.17, 15) is 19.2 Å². The molecule has 0 unspecified atom stereocenters. The van der Waals surface area contributed by atoms with Gasteiger partial charge in [0.1, 0.15) is 13.7 Å². The van der Waals surface area contributed by atoms with Crippen LogP contribution in [0, 0.1) is 0 Å². The number of carbonyl (C=O) groups excluding carboxylic acids is 4. The first kappa shape index (κ1) is 33.9. The second-order valence-corrected chi connectivity index (χ2v) is 11.2. The molecule has 242 valence electrons. The SMILES string of the molecule is CC/C(=N\OC)c1ccc(Cc2cc([C@]34OC[C@](COC(C)=O)(O3)[C@@H](OC(C)=O)[C@H](OC(C)=O)[C@H]4OC(C)=O)ccc2Cl)cc1. The fourth-order valence-corrected chi connectivity index (χ4v) is 5.80. The van der Waals surface area contributed by atoms with E-state index in [-0.39, 0.29) is 6.61 Å². The molecule has 0 aliphatic carbocycles. The number of carbonyl (C=O) groups is 4. The number of oxime groups is 1. The van der Waals surface area contributed by atoms with Gasteiger partial charge in [-0.3, -0.25) is 19.2 Å². The minimum absolute atomic E-state index is 0.268. The number of hydrogen-bond acceptors (Lipinski definition) is 12. The molecule has 2 heterocycles. The fraction of sp³-hybridized carbons (Fsp3) is 0.469. The Bertz CT molecular complexity index is 1480. The van der Waals surface area contributed by atoms with Gasteiger partial charge in [-0.2, -0.15) is 0 Å².